The number of nitrogens with zero attached hydrogens (tertiary/aromatic N) is 1. The van der Waals surface area contributed by atoms with Crippen molar-refractivity contribution in [3.63, 3.8) is 0 Å². The lowest BCUT2D eigenvalue weighted by Gasteiger charge is -2.06. The minimum atomic E-state index is 0.544. The summed E-state index contributed by atoms with van der Waals surface area (Å²) in [4.78, 5) is 0. The van der Waals surface area contributed by atoms with Crippen LogP contribution in [0.1, 0.15) is 5.56 Å². The molecule has 0 aliphatic heterocycles. The molecule has 0 spiro atoms. The van der Waals surface area contributed by atoms with Crippen LogP contribution in [-0.2, 0) is 0 Å². The Bertz CT molecular complexity index is 341. The average Bonchev–Trinajstić information content (AvgIpc) is 2.04. The smallest absolute Gasteiger partial charge is 0.142 e. The number of rotatable bonds is 2. The van der Waals surface area contributed by atoms with E-state index in [0.717, 1.165) is 4.47 Å². The minimum Gasteiger partial charge on any atom is -0.495 e. The van der Waals surface area contributed by atoms with Crippen LogP contribution in [0.2, 0.25) is 5.02 Å². The molecule has 0 heterocycles. The fraction of sp³-hybridized carbons (Fsp3) is 0.125. The number of benzene rings is 1. The second-order valence-corrected chi connectivity index (χ2v) is 3.55. The highest BCUT2D eigenvalue weighted by Crippen LogP contribution is 2.31. The SMILES string of the molecule is COc1c(Br)cc(Cl)cc1/C=N\O. The maximum atomic E-state index is 8.38. The second-order valence-electron chi connectivity index (χ2n) is 2.25. The van der Waals surface area contributed by atoms with E-state index in [1.165, 1.54) is 13.3 Å². The van der Waals surface area contributed by atoms with Crippen molar-refractivity contribution >= 4 is 33.7 Å². The Hall–Kier alpha value is -0.740. The van der Waals surface area contributed by atoms with Gasteiger partial charge < -0.3 is 9.94 Å². The fourth-order valence-corrected chi connectivity index (χ4v) is 1.95. The third-order valence-electron chi connectivity index (χ3n) is 1.44. The lowest BCUT2D eigenvalue weighted by atomic mass is 10.2. The molecule has 0 aliphatic carbocycles. The fourth-order valence-electron chi connectivity index (χ4n) is 0.954. The van der Waals surface area contributed by atoms with Gasteiger partial charge in [0.1, 0.15) is 5.75 Å². The molecule has 0 aliphatic rings. The molecule has 0 saturated heterocycles. The van der Waals surface area contributed by atoms with Gasteiger partial charge in [-0.3, -0.25) is 0 Å². The van der Waals surface area contributed by atoms with Crippen LogP contribution in [0.15, 0.2) is 21.8 Å². The number of oxime groups is 1. The van der Waals surface area contributed by atoms with Crippen LogP contribution < -0.4 is 4.74 Å². The van der Waals surface area contributed by atoms with Gasteiger partial charge in [0, 0.05) is 10.6 Å². The lowest BCUT2D eigenvalue weighted by Crippen LogP contribution is -1.92. The van der Waals surface area contributed by atoms with Crippen LogP contribution in [0.5, 0.6) is 5.75 Å². The van der Waals surface area contributed by atoms with E-state index >= 15 is 0 Å². The first-order chi connectivity index (χ1) is 6.19. The van der Waals surface area contributed by atoms with Gasteiger partial charge in [0.2, 0.25) is 0 Å². The third-order valence-corrected chi connectivity index (χ3v) is 2.25. The molecular weight excluding hydrogens is 257 g/mol. The van der Waals surface area contributed by atoms with Gasteiger partial charge in [-0.15, -0.1) is 0 Å². The first-order valence-corrected chi connectivity index (χ1v) is 4.56. The number of ether oxygens (including phenoxy) is 1. The zero-order chi connectivity index (χ0) is 9.84. The summed E-state index contributed by atoms with van der Waals surface area (Å²) in [7, 11) is 1.53. The van der Waals surface area contributed by atoms with Crippen molar-refractivity contribution in [1.82, 2.24) is 0 Å². The predicted octanol–water partition coefficient (Wildman–Crippen LogP) is 2.92. The van der Waals surface area contributed by atoms with Gasteiger partial charge in [-0.25, -0.2) is 0 Å². The Balaban J connectivity index is 3.29. The molecule has 0 unspecified atom stereocenters. The van der Waals surface area contributed by atoms with E-state index in [1.807, 2.05) is 0 Å². The summed E-state index contributed by atoms with van der Waals surface area (Å²) < 4.78 is 5.80. The first-order valence-electron chi connectivity index (χ1n) is 3.39. The van der Waals surface area contributed by atoms with Crippen molar-refractivity contribution in [2.75, 3.05) is 7.11 Å². The molecule has 0 atom stereocenters. The van der Waals surface area contributed by atoms with Crippen molar-refractivity contribution in [3.8, 4) is 5.75 Å². The van der Waals surface area contributed by atoms with Crippen LogP contribution in [0.4, 0.5) is 0 Å². The van der Waals surface area contributed by atoms with Gasteiger partial charge in [0.15, 0.2) is 0 Å². The molecule has 70 valence electrons. The first kappa shape index (κ1) is 10.3. The second kappa shape index (κ2) is 4.48. The molecule has 5 heteroatoms. The zero-order valence-electron chi connectivity index (χ0n) is 6.79. The summed E-state index contributed by atoms with van der Waals surface area (Å²) in [5.41, 5.74) is 0.615. The number of hydrogen-bond donors (Lipinski definition) is 1. The largest absolute Gasteiger partial charge is 0.495 e. The number of hydrogen-bond acceptors (Lipinski definition) is 3. The van der Waals surface area contributed by atoms with E-state index in [4.69, 9.17) is 21.5 Å². The van der Waals surface area contributed by atoms with E-state index in [0.29, 0.717) is 16.3 Å². The van der Waals surface area contributed by atoms with Gasteiger partial charge in [-0.05, 0) is 28.1 Å². The summed E-state index contributed by atoms with van der Waals surface area (Å²) in [5.74, 6) is 0.585. The molecule has 0 radical (unpaired) electrons. The molecule has 1 aromatic rings. The van der Waals surface area contributed by atoms with Gasteiger partial charge >= 0.3 is 0 Å². The predicted molar refractivity (Wildman–Crippen MR) is 55.1 cm³/mol. The molecule has 0 bridgehead atoms. The Kier molecular flexibility index (Phi) is 3.57. The summed E-state index contributed by atoms with van der Waals surface area (Å²) in [5, 5.41) is 11.8. The summed E-state index contributed by atoms with van der Waals surface area (Å²) >= 11 is 9.06. The van der Waals surface area contributed by atoms with Gasteiger partial charge in [0.05, 0.1) is 17.8 Å². The van der Waals surface area contributed by atoms with Crippen LogP contribution >= 0.6 is 27.5 Å². The Morgan fingerprint density at radius 1 is 1.62 bits per heavy atom. The topological polar surface area (TPSA) is 41.8 Å². The molecule has 0 amide bonds. The Morgan fingerprint density at radius 2 is 2.31 bits per heavy atom. The quantitative estimate of drug-likeness (QED) is 0.507. The van der Waals surface area contributed by atoms with Crippen molar-refractivity contribution in [1.29, 1.82) is 0 Å². The summed E-state index contributed by atoms with van der Waals surface area (Å²) in [6.45, 7) is 0. The van der Waals surface area contributed by atoms with E-state index in [-0.39, 0.29) is 0 Å². The van der Waals surface area contributed by atoms with Crippen LogP contribution in [0.25, 0.3) is 0 Å². The number of halogens is 2. The van der Waals surface area contributed by atoms with E-state index in [9.17, 15) is 0 Å². The van der Waals surface area contributed by atoms with Gasteiger partial charge in [0.25, 0.3) is 0 Å². The molecule has 0 saturated carbocycles. The van der Waals surface area contributed by atoms with Crippen molar-refractivity contribution in [3.05, 3.63) is 27.2 Å². The molecule has 3 nitrogen and oxygen atoms in total. The van der Waals surface area contributed by atoms with Crippen LogP contribution in [0.3, 0.4) is 0 Å². The van der Waals surface area contributed by atoms with Gasteiger partial charge in [-0.2, -0.15) is 0 Å². The highest BCUT2D eigenvalue weighted by molar-refractivity contribution is 9.10. The van der Waals surface area contributed by atoms with Crippen molar-refractivity contribution in [2.45, 2.75) is 0 Å². The van der Waals surface area contributed by atoms with E-state index < -0.39 is 0 Å². The van der Waals surface area contributed by atoms with Crippen molar-refractivity contribution < 1.29 is 9.94 Å². The minimum absolute atomic E-state index is 0.544. The Morgan fingerprint density at radius 3 is 2.85 bits per heavy atom. The standard InChI is InChI=1S/C8H7BrClNO2/c1-13-8-5(4-11-12)2-6(10)3-7(8)9/h2-4,12H,1H3/b11-4-. The molecule has 0 fully saturated rings. The van der Waals surface area contributed by atoms with Crippen LogP contribution in [0, 0.1) is 0 Å². The summed E-state index contributed by atoms with van der Waals surface area (Å²) in [6, 6.07) is 3.35. The molecule has 1 aromatic carbocycles. The molecule has 0 aromatic heterocycles. The maximum Gasteiger partial charge on any atom is 0.142 e. The lowest BCUT2D eigenvalue weighted by molar-refractivity contribution is 0.321. The van der Waals surface area contributed by atoms with E-state index in [2.05, 4.69) is 21.1 Å². The van der Waals surface area contributed by atoms with Crippen molar-refractivity contribution in [2.24, 2.45) is 5.16 Å². The van der Waals surface area contributed by atoms with E-state index in [1.54, 1.807) is 12.1 Å². The summed E-state index contributed by atoms with van der Waals surface area (Å²) in [6.07, 6.45) is 1.26. The molecule has 1 rings (SSSR count). The molecular formula is C8H7BrClNO2. The monoisotopic (exact) mass is 263 g/mol. The maximum absolute atomic E-state index is 8.38. The normalized spacial score (nSPS) is 10.7. The number of methoxy groups -OCH3 is 1. The third kappa shape index (κ3) is 2.35. The molecule has 13 heavy (non-hydrogen) atoms. The van der Waals surface area contributed by atoms with Gasteiger partial charge in [-0.1, -0.05) is 16.8 Å². The highest BCUT2D eigenvalue weighted by Gasteiger charge is 2.07. The molecule has 1 N–H and O–H groups in total. The highest BCUT2D eigenvalue weighted by atomic mass is 79.9. The zero-order valence-corrected chi connectivity index (χ0v) is 9.13. The Labute approximate surface area is 89.1 Å². The van der Waals surface area contributed by atoms with Crippen LogP contribution in [-0.4, -0.2) is 18.5 Å². The average molecular weight is 265 g/mol.